The molecule has 12 aromatic carbocycles. The van der Waals surface area contributed by atoms with E-state index in [1.165, 1.54) is 12.1 Å². The van der Waals surface area contributed by atoms with Crippen LogP contribution in [0.25, 0.3) is 86.9 Å². The first-order valence-corrected chi connectivity index (χ1v) is 22.7. The summed E-state index contributed by atoms with van der Waals surface area (Å²) < 4.78 is 30.0. The molecule has 0 radical (unpaired) electrons. The lowest BCUT2D eigenvalue weighted by molar-refractivity contribution is 0.584. The molecule has 0 aliphatic rings. The van der Waals surface area contributed by atoms with Gasteiger partial charge in [0.15, 0.2) is 0 Å². The molecule has 0 saturated carbocycles. The minimum atomic E-state index is -0.685. The number of anilines is 6. The molecule has 4 nitrogen and oxygen atoms in total. The molecule has 0 N–H and O–H groups in total. The van der Waals surface area contributed by atoms with Crippen LogP contribution < -0.4 is 9.80 Å². The van der Waals surface area contributed by atoms with Crippen LogP contribution in [0.3, 0.4) is 0 Å². The highest BCUT2D eigenvalue weighted by Gasteiger charge is 2.26. The molecule has 0 atom stereocenters. The van der Waals surface area contributed by atoms with Gasteiger partial charge in [-0.1, -0.05) is 152 Å². The van der Waals surface area contributed by atoms with Gasteiger partial charge in [0, 0.05) is 61.0 Å². The average Bonchev–Trinajstić information content (AvgIpc) is 3.38. The van der Waals surface area contributed by atoms with Gasteiger partial charge >= 0.3 is 0 Å². The van der Waals surface area contributed by atoms with Crippen molar-refractivity contribution < 1.29 is 8.78 Å². The van der Waals surface area contributed by atoms with Crippen molar-refractivity contribution in [2.75, 3.05) is 9.80 Å². The van der Waals surface area contributed by atoms with Crippen molar-refractivity contribution in [2.24, 2.45) is 0 Å². The summed E-state index contributed by atoms with van der Waals surface area (Å²) in [7, 11) is 0. The molecule has 1 aromatic heterocycles. The molecular weight excluding hydrogens is 839 g/mol. The Labute approximate surface area is 390 Å². The molecule has 0 unspecified atom stereocenters. The maximum atomic E-state index is 15.0. The van der Waals surface area contributed by atoms with Crippen LogP contribution in [0.1, 0.15) is 0 Å². The van der Waals surface area contributed by atoms with Crippen molar-refractivity contribution in [1.82, 2.24) is 9.97 Å². The Morgan fingerprint density at radius 2 is 0.824 bits per heavy atom. The first-order valence-electron chi connectivity index (χ1n) is 22.7. The lowest BCUT2D eigenvalue weighted by Crippen LogP contribution is -2.12. The fraction of sp³-hybridized carbons (Fsp3) is 0. The van der Waals surface area contributed by atoms with Crippen molar-refractivity contribution in [1.29, 1.82) is 0 Å². The Morgan fingerprint density at radius 1 is 0.338 bits per heavy atom. The van der Waals surface area contributed by atoms with Crippen LogP contribution in [0, 0.1) is 11.6 Å². The van der Waals surface area contributed by atoms with E-state index in [2.05, 4.69) is 204 Å². The standard InChI is InChI=1S/C62H38F2N4/c63-44-34-43(35-45(64)36-44)56-38-65-59-55-37-48(67(46-20-3-1-4-21-46)61-49-24-11-7-16-39(49)32-40-17-8-12-25-50(40)61)30-31-53(55)54-28-15-29-57(58(54)60(59)66-56)68(47-22-5-2-6-23-47)62-51-26-13-9-18-41(51)33-42-19-10-14-27-52(42)62/h1-38H. The Bertz CT molecular complexity index is 4010. The molecule has 0 spiro atoms. The van der Waals surface area contributed by atoms with Gasteiger partial charge in [-0.3, -0.25) is 4.98 Å². The molecule has 0 aliphatic carbocycles. The van der Waals surface area contributed by atoms with Crippen LogP contribution in [0.15, 0.2) is 231 Å². The predicted octanol–water partition coefficient (Wildman–Crippen LogP) is 17.4. The summed E-state index contributed by atoms with van der Waals surface area (Å²) in [4.78, 5) is 15.3. The first-order chi connectivity index (χ1) is 33.6. The van der Waals surface area contributed by atoms with Gasteiger partial charge in [-0.15, -0.1) is 0 Å². The van der Waals surface area contributed by atoms with E-state index in [0.29, 0.717) is 22.3 Å². The van der Waals surface area contributed by atoms with Crippen molar-refractivity contribution in [3.63, 3.8) is 0 Å². The van der Waals surface area contributed by atoms with E-state index in [9.17, 15) is 8.78 Å². The number of hydrogen-bond acceptors (Lipinski definition) is 4. The Hall–Kier alpha value is -9.00. The summed E-state index contributed by atoms with van der Waals surface area (Å²) in [6.07, 6.45) is 1.64. The van der Waals surface area contributed by atoms with Crippen LogP contribution in [0.2, 0.25) is 0 Å². The molecule has 0 saturated heterocycles. The fourth-order valence-electron chi connectivity index (χ4n) is 10.3. The molecule has 6 heteroatoms. The van der Waals surface area contributed by atoms with Gasteiger partial charge in [-0.2, -0.15) is 0 Å². The molecule has 13 aromatic rings. The first kappa shape index (κ1) is 39.4. The minimum absolute atomic E-state index is 0.300. The van der Waals surface area contributed by atoms with E-state index >= 15 is 0 Å². The second kappa shape index (κ2) is 15.9. The van der Waals surface area contributed by atoms with Gasteiger partial charge in [0.05, 0.1) is 40.0 Å². The van der Waals surface area contributed by atoms with E-state index in [-0.39, 0.29) is 0 Å². The Kier molecular flexibility index (Phi) is 9.18. The number of hydrogen-bond donors (Lipinski definition) is 0. The zero-order valence-electron chi connectivity index (χ0n) is 36.5. The highest BCUT2D eigenvalue weighted by Crippen LogP contribution is 2.50. The fourth-order valence-corrected chi connectivity index (χ4v) is 10.3. The summed E-state index contributed by atoms with van der Waals surface area (Å²) in [6.45, 7) is 0. The number of para-hydroxylation sites is 2. The van der Waals surface area contributed by atoms with Crippen LogP contribution in [-0.2, 0) is 0 Å². The minimum Gasteiger partial charge on any atom is -0.309 e. The molecule has 0 fully saturated rings. The maximum Gasteiger partial charge on any atom is 0.126 e. The molecular formula is C62H38F2N4. The molecule has 0 bridgehead atoms. The van der Waals surface area contributed by atoms with E-state index in [4.69, 9.17) is 9.97 Å². The van der Waals surface area contributed by atoms with Gasteiger partial charge in [-0.25, -0.2) is 13.8 Å². The summed E-state index contributed by atoms with van der Waals surface area (Å²) in [5.41, 5.74) is 7.81. The zero-order chi connectivity index (χ0) is 45.3. The maximum absolute atomic E-state index is 15.0. The zero-order valence-corrected chi connectivity index (χ0v) is 36.5. The quantitative estimate of drug-likeness (QED) is 0.118. The van der Waals surface area contributed by atoms with Gasteiger partial charge in [0.1, 0.15) is 11.6 Å². The van der Waals surface area contributed by atoms with Gasteiger partial charge in [-0.05, 0) is 99.0 Å². The number of halogens is 2. The third kappa shape index (κ3) is 6.41. The molecule has 320 valence electrons. The van der Waals surface area contributed by atoms with E-state index in [1.54, 1.807) is 6.20 Å². The predicted molar refractivity (Wildman–Crippen MR) is 279 cm³/mol. The van der Waals surface area contributed by atoms with Crippen molar-refractivity contribution in [3.05, 3.63) is 242 Å². The third-order valence-corrected chi connectivity index (χ3v) is 13.2. The SMILES string of the molecule is Fc1cc(F)cc(-c2cnc3c4cc(N(c5ccccc5)c5c6ccccc6cc6ccccc56)ccc4c4cccc(N(c5ccccc5)c5c6ccccc6cc6ccccc56)c4c3n2)c1. The number of rotatable bonds is 7. The monoisotopic (exact) mass is 876 g/mol. The Morgan fingerprint density at radius 3 is 1.38 bits per heavy atom. The van der Waals surface area contributed by atoms with E-state index in [1.807, 2.05) is 12.1 Å². The lowest BCUT2D eigenvalue weighted by Gasteiger charge is -2.30. The van der Waals surface area contributed by atoms with Gasteiger partial charge in [0.2, 0.25) is 0 Å². The average molecular weight is 877 g/mol. The number of aromatic nitrogens is 2. The normalized spacial score (nSPS) is 11.7. The van der Waals surface area contributed by atoms with E-state index < -0.39 is 11.6 Å². The van der Waals surface area contributed by atoms with Gasteiger partial charge < -0.3 is 9.80 Å². The largest absolute Gasteiger partial charge is 0.309 e. The number of benzene rings is 12. The highest BCUT2D eigenvalue weighted by atomic mass is 19.1. The topological polar surface area (TPSA) is 32.3 Å². The van der Waals surface area contributed by atoms with Crippen LogP contribution >= 0.6 is 0 Å². The molecule has 13 rings (SSSR count). The number of nitrogens with zero attached hydrogens (tertiary/aromatic N) is 4. The lowest BCUT2D eigenvalue weighted by atomic mass is 9.94. The van der Waals surface area contributed by atoms with Crippen LogP contribution in [-0.4, -0.2) is 9.97 Å². The van der Waals surface area contributed by atoms with Gasteiger partial charge in [0.25, 0.3) is 0 Å². The Balaban J connectivity index is 1.16. The van der Waals surface area contributed by atoms with Crippen LogP contribution in [0.4, 0.5) is 42.9 Å². The molecule has 68 heavy (non-hydrogen) atoms. The second-order valence-corrected chi connectivity index (χ2v) is 17.2. The third-order valence-electron chi connectivity index (χ3n) is 13.2. The smallest absolute Gasteiger partial charge is 0.126 e. The molecule has 0 aliphatic heterocycles. The van der Waals surface area contributed by atoms with Crippen molar-refractivity contribution in [3.8, 4) is 11.3 Å². The van der Waals surface area contributed by atoms with Crippen LogP contribution in [0.5, 0.6) is 0 Å². The summed E-state index contributed by atoms with van der Waals surface area (Å²) in [5.74, 6) is -1.37. The molecule has 1 heterocycles. The van der Waals surface area contributed by atoms with E-state index in [0.717, 1.165) is 105 Å². The summed E-state index contributed by atoms with van der Waals surface area (Å²) >= 11 is 0. The van der Waals surface area contributed by atoms with Crippen molar-refractivity contribution >= 4 is 110 Å². The summed E-state index contributed by atoms with van der Waals surface area (Å²) in [5, 5.41) is 12.6. The second-order valence-electron chi connectivity index (χ2n) is 17.2. The number of fused-ring (bicyclic) bond motifs is 10. The highest BCUT2D eigenvalue weighted by molar-refractivity contribution is 6.28. The molecule has 0 amide bonds. The summed E-state index contributed by atoms with van der Waals surface area (Å²) in [6, 6.07) is 76.0. The van der Waals surface area contributed by atoms with Crippen molar-refractivity contribution in [2.45, 2.75) is 0 Å².